The van der Waals surface area contributed by atoms with Gasteiger partial charge in [-0.15, -0.1) is 6.58 Å². The summed E-state index contributed by atoms with van der Waals surface area (Å²) in [5, 5.41) is 1.07. The van der Waals surface area contributed by atoms with E-state index in [0.717, 1.165) is 14.6 Å². The molecule has 0 fully saturated rings. The minimum absolute atomic E-state index is 0.0452. The average molecular weight is 413 g/mol. The van der Waals surface area contributed by atoms with Crippen molar-refractivity contribution in [1.82, 2.24) is 14.5 Å². The van der Waals surface area contributed by atoms with Crippen molar-refractivity contribution in [3.8, 4) is 0 Å². The maximum Gasteiger partial charge on any atom is 0.144 e. The molecular weight excluding hydrogens is 389 g/mol. The van der Waals surface area contributed by atoms with E-state index in [1.165, 1.54) is 0 Å². The van der Waals surface area contributed by atoms with Gasteiger partial charge >= 0.3 is 0 Å². The fourth-order valence-electron chi connectivity index (χ4n) is 2.04. The Labute approximate surface area is 146 Å². The van der Waals surface area contributed by atoms with Gasteiger partial charge in [-0.25, -0.2) is 9.97 Å². The van der Waals surface area contributed by atoms with Gasteiger partial charge in [0, 0.05) is 16.0 Å². The van der Waals surface area contributed by atoms with Crippen molar-refractivity contribution >= 4 is 33.6 Å². The van der Waals surface area contributed by atoms with E-state index in [0.29, 0.717) is 6.54 Å². The normalized spacial score (nSPS) is 14.3. The highest BCUT2D eigenvalue weighted by molar-refractivity contribution is 14.1. The molecule has 0 bridgehead atoms. The molecule has 120 valence electrons. The van der Waals surface area contributed by atoms with Gasteiger partial charge in [-0.05, 0) is 41.9 Å². The van der Waals surface area contributed by atoms with Crippen molar-refractivity contribution in [2.24, 2.45) is 5.41 Å². The first-order valence-corrected chi connectivity index (χ1v) is 8.48. The molecule has 2 rings (SSSR count). The molecule has 0 spiro atoms. The molecule has 0 aliphatic rings. The highest BCUT2D eigenvalue weighted by atomic mass is 127. The van der Waals surface area contributed by atoms with Crippen LogP contribution < -0.4 is 0 Å². The van der Waals surface area contributed by atoms with Crippen LogP contribution in [0.1, 0.15) is 34.6 Å². The van der Waals surface area contributed by atoms with E-state index in [1.807, 2.05) is 12.3 Å². The lowest BCUT2D eigenvalue weighted by atomic mass is 9.79. The van der Waals surface area contributed by atoms with Gasteiger partial charge in [0.2, 0.25) is 0 Å². The first kappa shape index (κ1) is 17.4. The maximum absolute atomic E-state index is 6.33. The third-order valence-corrected chi connectivity index (χ3v) is 5.24. The Morgan fingerprint density at radius 3 is 2.64 bits per heavy atom. The van der Waals surface area contributed by atoms with Crippen LogP contribution in [0.2, 0.25) is 0 Å². The van der Waals surface area contributed by atoms with Crippen molar-refractivity contribution in [1.29, 1.82) is 0 Å². The third kappa shape index (κ3) is 3.51. The lowest BCUT2D eigenvalue weighted by Gasteiger charge is -2.40. The van der Waals surface area contributed by atoms with Crippen molar-refractivity contribution in [2.45, 2.75) is 52.9 Å². The first-order valence-electron chi connectivity index (χ1n) is 7.40. The summed E-state index contributed by atoms with van der Waals surface area (Å²) in [5.74, 6) is 0. The van der Waals surface area contributed by atoms with Gasteiger partial charge in [-0.1, -0.05) is 26.8 Å². The summed E-state index contributed by atoms with van der Waals surface area (Å²) >= 11 is 2.31. The number of hydrogen-bond donors (Lipinski definition) is 0. The standard InChI is InChI=1S/C17H24IN3O/c1-7-12(22-17(5,6)16(2,3)4)9-21-10-14(18)13-8-19-11-20-15(13)21/h7-8,10-12H,1,9H2,2-6H3. The summed E-state index contributed by atoms with van der Waals surface area (Å²) in [6.07, 6.45) is 7.31. The smallest absolute Gasteiger partial charge is 0.144 e. The monoisotopic (exact) mass is 413 g/mol. The highest BCUT2D eigenvalue weighted by Crippen LogP contribution is 2.34. The second kappa shape index (κ2) is 6.28. The Balaban J connectivity index is 2.25. The maximum atomic E-state index is 6.33. The Morgan fingerprint density at radius 2 is 2.05 bits per heavy atom. The molecule has 2 aromatic heterocycles. The number of rotatable bonds is 5. The molecule has 4 nitrogen and oxygen atoms in total. The second-order valence-corrected chi connectivity index (χ2v) is 8.20. The molecule has 0 saturated carbocycles. The quantitative estimate of drug-likeness (QED) is 0.538. The van der Waals surface area contributed by atoms with Crippen LogP contribution in [-0.2, 0) is 11.3 Å². The zero-order chi connectivity index (χ0) is 16.5. The van der Waals surface area contributed by atoms with E-state index in [-0.39, 0.29) is 17.1 Å². The van der Waals surface area contributed by atoms with Gasteiger partial charge in [0.15, 0.2) is 0 Å². The fraction of sp³-hybridized carbons (Fsp3) is 0.529. The SMILES string of the molecule is C=CC(Cn1cc(I)c2cncnc21)OC(C)(C)C(C)(C)C. The fourth-order valence-corrected chi connectivity index (χ4v) is 2.75. The molecule has 0 amide bonds. The van der Waals surface area contributed by atoms with Crippen LogP contribution in [0.15, 0.2) is 31.4 Å². The van der Waals surface area contributed by atoms with E-state index in [2.05, 4.69) is 84.5 Å². The van der Waals surface area contributed by atoms with Crippen LogP contribution in [-0.4, -0.2) is 26.2 Å². The molecular formula is C17H24IN3O. The van der Waals surface area contributed by atoms with Crippen LogP contribution in [0.5, 0.6) is 0 Å². The Kier molecular flexibility index (Phi) is 4.96. The van der Waals surface area contributed by atoms with E-state index < -0.39 is 0 Å². The molecule has 0 aliphatic carbocycles. The summed E-state index contributed by atoms with van der Waals surface area (Å²) in [4.78, 5) is 8.49. The van der Waals surface area contributed by atoms with Crippen LogP contribution >= 0.6 is 22.6 Å². The lowest BCUT2D eigenvalue weighted by molar-refractivity contribution is -0.118. The van der Waals surface area contributed by atoms with Crippen LogP contribution in [0, 0.1) is 8.99 Å². The molecule has 0 aromatic carbocycles. The summed E-state index contributed by atoms with van der Waals surface area (Å²) in [5.41, 5.74) is 0.726. The molecule has 0 N–H and O–H groups in total. The van der Waals surface area contributed by atoms with Gasteiger partial charge in [0.25, 0.3) is 0 Å². The Morgan fingerprint density at radius 1 is 1.36 bits per heavy atom. The van der Waals surface area contributed by atoms with Gasteiger partial charge in [0.1, 0.15) is 12.0 Å². The number of aromatic nitrogens is 3. The van der Waals surface area contributed by atoms with Gasteiger partial charge < -0.3 is 9.30 Å². The molecule has 2 aromatic rings. The topological polar surface area (TPSA) is 39.9 Å². The second-order valence-electron chi connectivity index (χ2n) is 7.04. The molecule has 1 atom stereocenters. The van der Waals surface area contributed by atoms with Crippen LogP contribution in [0.3, 0.4) is 0 Å². The molecule has 5 heteroatoms. The molecule has 22 heavy (non-hydrogen) atoms. The number of ether oxygens (including phenoxy) is 1. The molecule has 0 radical (unpaired) electrons. The van der Waals surface area contributed by atoms with Gasteiger partial charge in [-0.2, -0.15) is 0 Å². The Hall–Kier alpha value is -0.950. The van der Waals surface area contributed by atoms with Crippen LogP contribution in [0.4, 0.5) is 0 Å². The van der Waals surface area contributed by atoms with Crippen molar-refractivity contribution in [3.63, 3.8) is 0 Å². The predicted octanol–water partition coefficient (Wildman–Crippen LogP) is 4.43. The highest BCUT2D eigenvalue weighted by Gasteiger charge is 2.35. The van der Waals surface area contributed by atoms with Crippen LogP contribution in [0.25, 0.3) is 11.0 Å². The van der Waals surface area contributed by atoms with Crippen molar-refractivity contribution in [2.75, 3.05) is 0 Å². The summed E-state index contributed by atoms with van der Waals surface area (Å²) in [6, 6.07) is 0. The summed E-state index contributed by atoms with van der Waals surface area (Å²) in [6.45, 7) is 15.5. The zero-order valence-electron chi connectivity index (χ0n) is 13.9. The molecule has 0 saturated heterocycles. The largest absolute Gasteiger partial charge is 0.366 e. The lowest BCUT2D eigenvalue weighted by Crippen LogP contribution is -2.43. The number of fused-ring (bicyclic) bond motifs is 1. The average Bonchev–Trinajstić information content (AvgIpc) is 2.74. The van der Waals surface area contributed by atoms with Crippen molar-refractivity contribution in [3.05, 3.63) is 34.9 Å². The Bertz CT molecular complexity index is 670. The summed E-state index contributed by atoms with van der Waals surface area (Å²) < 4.78 is 9.59. The van der Waals surface area contributed by atoms with E-state index in [4.69, 9.17) is 4.74 Å². The van der Waals surface area contributed by atoms with E-state index in [9.17, 15) is 0 Å². The van der Waals surface area contributed by atoms with Crippen molar-refractivity contribution < 1.29 is 4.74 Å². The minimum Gasteiger partial charge on any atom is -0.366 e. The van der Waals surface area contributed by atoms with E-state index in [1.54, 1.807) is 6.33 Å². The molecule has 1 unspecified atom stereocenters. The van der Waals surface area contributed by atoms with Gasteiger partial charge in [-0.3, -0.25) is 0 Å². The van der Waals surface area contributed by atoms with Gasteiger partial charge in [0.05, 0.1) is 23.6 Å². The molecule has 0 aliphatic heterocycles. The summed E-state index contributed by atoms with van der Waals surface area (Å²) in [7, 11) is 0. The zero-order valence-corrected chi connectivity index (χ0v) is 16.1. The number of hydrogen-bond acceptors (Lipinski definition) is 3. The number of nitrogens with zero attached hydrogens (tertiary/aromatic N) is 3. The minimum atomic E-state index is -0.253. The number of halogens is 1. The molecule has 2 heterocycles. The third-order valence-electron chi connectivity index (χ3n) is 4.38. The van der Waals surface area contributed by atoms with E-state index >= 15 is 0 Å². The predicted molar refractivity (Wildman–Crippen MR) is 98.8 cm³/mol. The first-order chi connectivity index (χ1) is 10.2.